The molecule has 5 nitrogen and oxygen atoms in total. The van der Waals surface area contributed by atoms with Gasteiger partial charge in [0.2, 0.25) is 15.9 Å². The van der Waals surface area contributed by atoms with E-state index in [4.69, 9.17) is 0 Å². The second-order valence-corrected chi connectivity index (χ2v) is 9.75. The molecular weight excluding hydrogens is 464 g/mol. The molecular formula is C23H23BrN2O3S. The molecule has 1 unspecified atom stereocenters. The SMILES string of the molecule is Cc1ccc(NC(=O)C(Cc2ccccc2)NS(=O)(=O)c2ccc(Br)cc2)c(C)c1. The Kier molecular flexibility index (Phi) is 7.07. The van der Waals surface area contributed by atoms with Crippen molar-refractivity contribution < 1.29 is 13.2 Å². The Hall–Kier alpha value is -2.48. The second-order valence-electron chi connectivity index (χ2n) is 7.13. The van der Waals surface area contributed by atoms with Gasteiger partial charge in [-0.05, 0) is 61.7 Å². The van der Waals surface area contributed by atoms with Gasteiger partial charge in [-0.3, -0.25) is 4.79 Å². The van der Waals surface area contributed by atoms with Gasteiger partial charge in [-0.1, -0.05) is 64.0 Å². The van der Waals surface area contributed by atoms with E-state index in [2.05, 4.69) is 26.0 Å². The number of sulfonamides is 1. The van der Waals surface area contributed by atoms with Gasteiger partial charge >= 0.3 is 0 Å². The number of hydrogen-bond acceptors (Lipinski definition) is 3. The van der Waals surface area contributed by atoms with E-state index in [0.29, 0.717) is 5.69 Å². The van der Waals surface area contributed by atoms with Crippen LogP contribution in [0, 0.1) is 13.8 Å². The van der Waals surface area contributed by atoms with Crippen LogP contribution in [0.4, 0.5) is 5.69 Å². The molecule has 3 aromatic rings. The average Bonchev–Trinajstić information content (AvgIpc) is 2.70. The maximum Gasteiger partial charge on any atom is 0.242 e. The summed E-state index contributed by atoms with van der Waals surface area (Å²) in [5, 5.41) is 2.87. The van der Waals surface area contributed by atoms with Crippen molar-refractivity contribution in [2.75, 3.05) is 5.32 Å². The van der Waals surface area contributed by atoms with E-state index in [-0.39, 0.29) is 11.3 Å². The summed E-state index contributed by atoms with van der Waals surface area (Å²) in [6, 6.07) is 20.3. The van der Waals surface area contributed by atoms with E-state index < -0.39 is 22.0 Å². The Bertz CT molecular complexity index is 1130. The number of rotatable bonds is 7. The number of benzene rings is 3. The largest absolute Gasteiger partial charge is 0.324 e. The lowest BCUT2D eigenvalue weighted by molar-refractivity contribution is -0.117. The monoisotopic (exact) mass is 486 g/mol. The van der Waals surface area contributed by atoms with Crippen molar-refractivity contribution in [3.05, 3.63) is 94.0 Å². The Balaban J connectivity index is 1.87. The van der Waals surface area contributed by atoms with Crippen LogP contribution in [0.5, 0.6) is 0 Å². The first-order valence-electron chi connectivity index (χ1n) is 9.44. The minimum absolute atomic E-state index is 0.100. The average molecular weight is 487 g/mol. The summed E-state index contributed by atoms with van der Waals surface area (Å²) in [5.74, 6) is -0.411. The first kappa shape index (κ1) is 22.2. The molecule has 1 atom stereocenters. The fraction of sp³-hybridized carbons (Fsp3) is 0.174. The third-order valence-electron chi connectivity index (χ3n) is 4.66. The Morgan fingerprint density at radius 1 is 0.967 bits per heavy atom. The van der Waals surface area contributed by atoms with Gasteiger partial charge < -0.3 is 5.32 Å². The first-order valence-corrected chi connectivity index (χ1v) is 11.7. The fourth-order valence-electron chi connectivity index (χ4n) is 3.08. The summed E-state index contributed by atoms with van der Waals surface area (Å²) in [6.07, 6.45) is 0.230. The van der Waals surface area contributed by atoms with Gasteiger partial charge in [0.15, 0.2) is 0 Å². The molecule has 0 bridgehead atoms. The summed E-state index contributed by atoms with van der Waals surface area (Å²) in [7, 11) is -3.88. The second kappa shape index (κ2) is 9.55. The number of anilines is 1. The molecule has 2 N–H and O–H groups in total. The zero-order chi connectivity index (χ0) is 21.7. The van der Waals surface area contributed by atoms with Crippen molar-refractivity contribution in [3.8, 4) is 0 Å². The fourth-order valence-corrected chi connectivity index (χ4v) is 4.54. The summed E-state index contributed by atoms with van der Waals surface area (Å²) in [6.45, 7) is 3.88. The molecule has 0 aliphatic carbocycles. The molecule has 0 saturated heterocycles. The number of nitrogens with one attached hydrogen (secondary N) is 2. The number of carbonyl (C=O) groups is 1. The number of halogens is 1. The van der Waals surface area contributed by atoms with Gasteiger partial charge in [0.25, 0.3) is 0 Å². The Labute approximate surface area is 185 Å². The highest BCUT2D eigenvalue weighted by molar-refractivity contribution is 9.10. The summed E-state index contributed by atoms with van der Waals surface area (Å²) in [4.78, 5) is 13.2. The van der Waals surface area contributed by atoms with E-state index in [1.54, 1.807) is 12.1 Å². The maximum absolute atomic E-state index is 13.1. The lowest BCUT2D eigenvalue weighted by atomic mass is 10.1. The third-order valence-corrected chi connectivity index (χ3v) is 6.68. The van der Waals surface area contributed by atoms with Crippen molar-refractivity contribution in [1.29, 1.82) is 0 Å². The standard InChI is InChI=1S/C23H23BrN2O3S/c1-16-8-13-21(17(2)14-16)25-23(27)22(15-18-6-4-3-5-7-18)26-30(28,29)20-11-9-19(24)10-12-20/h3-14,22,26H,15H2,1-2H3,(H,25,27). The lowest BCUT2D eigenvalue weighted by Crippen LogP contribution is -2.45. The number of carbonyl (C=O) groups excluding carboxylic acids is 1. The van der Waals surface area contributed by atoms with Crippen LogP contribution in [0.25, 0.3) is 0 Å². The van der Waals surface area contributed by atoms with Crippen LogP contribution in [-0.2, 0) is 21.2 Å². The highest BCUT2D eigenvalue weighted by atomic mass is 79.9. The topological polar surface area (TPSA) is 75.3 Å². The van der Waals surface area contributed by atoms with Crippen molar-refractivity contribution >= 4 is 37.5 Å². The molecule has 0 aliphatic heterocycles. The number of hydrogen-bond donors (Lipinski definition) is 2. The summed E-state index contributed by atoms with van der Waals surface area (Å²) >= 11 is 3.30. The van der Waals surface area contributed by atoms with Gasteiger partial charge in [0, 0.05) is 10.2 Å². The molecule has 3 rings (SSSR count). The quantitative estimate of drug-likeness (QED) is 0.512. The minimum atomic E-state index is -3.88. The first-order chi connectivity index (χ1) is 14.2. The van der Waals surface area contributed by atoms with E-state index in [9.17, 15) is 13.2 Å². The Morgan fingerprint density at radius 2 is 1.63 bits per heavy atom. The van der Waals surface area contributed by atoms with E-state index in [1.807, 2.05) is 62.4 Å². The molecule has 0 fully saturated rings. The van der Waals surface area contributed by atoms with Gasteiger partial charge in [-0.2, -0.15) is 4.72 Å². The van der Waals surface area contributed by atoms with Gasteiger partial charge in [0.05, 0.1) is 4.90 Å². The minimum Gasteiger partial charge on any atom is -0.324 e. The van der Waals surface area contributed by atoms with Crippen molar-refractivity contribution in [1.82, 2.24) is 4.72 Å². The highest BCUT2D eigenvalue weighted by Gasteiger charge is 2.26. The number of aryl methyl sites for hydroxylation is 2. The van der Waals surface area contributed by atoms with Crippen LogP contribution in [-0.4, -0.2) is 20.4 Å². The molecule has 7 heteroatoms. The van der Waals surface area contributed by atoms with Crippen LogP contribution in [0.2, 0.25) is 0 Å². The van der Waals surface area contributed by atoms with Gasteiger partial charge in [-0.25, -0.2) is 8.42 Å². The van der Waals surface area contributed by atoms with E-state index in [0.717, 1.165) is 21.2 Å². The van der Waals surface area contributed by atoms with Crippen molar-refractivity contribution in [2.24, 2.45) is 0 Å². The number of amides is 1. The molecule has 0 radical (unpaired) electrons. The molecule has 156 valence electrons. The lowest BCUT2D eigenvalue weighted by Gasteiger charge is -2.20. The van der Waals surface area contributed by atoms with Crippen molar-refractivity contribution in [3.63, 3.8) is 0 Å². The predicted octanol–water partition coefficient (Wildman–Crippen LogP) is 4.59. The van der Waals surface area contributed by atoms with Crippen LogP contribution in [0.1, 0.15) is 16.7 Å². The molecule has 0 aliphatic rings. The molecule has 1 amide bonds. The molecule has 0 aromatic heterocycles. The van der Waals surface area contributed by atoms with Gasteiger partial charge in [-0.15, -0.1) is 0 Å². The van der Waals surface area contributed by atoms with Crippen LogP contribution in [0.15, 0.2) is 82.2 Å². The zero-order valence-electron chi connectivity index (χ0n) is 16.7. The molecule has 0 heterocycles. The van der Waals surface area contributed by atoms with E-state index in [1.165, 1.54) is 12.1 Å². The highest BCUT2D eigenvalue weighted by Crippen LogP contribution is 2.19. The van der Waals surface area contributed by atoms with E-state index >= 15 is 0 Å². The Morgan fingerprint density at radius 3 is 2.27 bits per heavy atom. The predicted molar refractivity (Wildman–Crippen MR) is 123 cm³/mol. The molecule has 0 spiro atoms. The normalized spacial score (nSPS) is 12.4. The third kappa shape index (κ3) is 5.78. The maximum atomic E-state index is 13.1. The molecule has 30 heavy (non-hydrogen) atoms. The smallest absolute Gasteiger partial charge is 0.242 e. The zero-order valence-corrected chi connectivity index (χ0v) is 19.1. The summed E-state index contributed by atoms with van der Waals surface area (Å²) in [5.41, 5.74) is 3.52. The van der Waals surface area contributed by atoms with Gasteiger partial charge in [0.1, 0.15) is 6.04 Å². The van der Waals surface area contributed by atoms with Crippen molar-refractivity contribution in [2.45, 2.75) is 31.2 Å². The molecule has 0 saturated carbocycles. The molecule has 3 aromatic carbocycles. The van der Waals surface area contributed by atoms with Crippen LogP contribution < -0.4 is 10.0 Å². The van der Waals surface area contributed by atoms with Crippen LogP contribution >= 0.6 is 15.9 Å². The summed E-state index contributed by atoms with van der Waals surface area (Å²) < 4.78 is 29.2. The van der Waals surface area contributed by atoms with Crippen LogP contribution in [0.3, 0.4) is 0 Å².